The number of carbonyl (C=O) groups is 1. The molecular formula is C13H10O4. The van der Waals surface area contributed by atoms with Crippen molar-refractivity contribution in [3.8, 4) is 17.2 Å². The van der Waals surface area contributed by atoms with E-state index in [1.54, 1.807) is 30.3 Å². The van der Waals surface area contributed by atoms with Gasteiger partial charge in [-0.05, 0) is 24.3 Å². The normalized spacial score (nSPS) is 9.88. The van der Waals surface area contributed by atoms with Crippen LogP contribution < -0.4 is 4.74 Å². The summed E-state index contributed by atoms with van der Waals surface area (Å²) in [6.07, 6.45) is 0. The second-order valence-corrected chi connectivity index (χ2v) is 3.38. The first kappa shape index (κ1) is 11.0. The van der Waals surface area contributed by atoms with Gasteiger partial charge in [0, 0.05) is 0 Å². The van der Waals surface area contributed by atoms with E-state index in [1.807, 2.05) is 0 Å². The summed E-state index contributed by atoms with van der Waals surface area (Å²) in [7, 11) is 0. The molecule has 0 unspecified atom stereocenters. The Bertz CT molecular complexity index is 534. The van der Waals surface area contributed by atoms with Crippen molar-refractivity contribution in [3.05, 3.63) is 54.1 Å². The lowest BCUT2D eigenvalue weighted by Crippen LogP contribution is -2.08. The highest BCUT2D eigenvalue weighted by molar-refractivity contribution is 5.91. The van der Waals surface area contributed by atoms with Gasteiger partial charge in [0.2, 0.25) is 5.75 Å². The molecule has 0 aromatic heterocycles. The number of carbonyl (C=O) groups excluding carboxylic acids is 1. The van der Waals surface area contributed by atoms with E-state index in [1.165, 1.54) is 18.2 Å². The van der Waals surface area contributed by atoms with Crippen LogP contribution in [0.1, 0.15) is 10.4 Å². The van der Waals surface area contributed by atoms with Gasteiger partial charge in [0.1, 0.15) is 0 Å². The molecule has 86 valence electrons. The summed E-state index contributed by atoms with van der Waals surface area (Å²) in [5, 5.41) is 18.7. The Kier molecular flexibility index (Phi) is 2.96. The van der Waals surface area contributed by atoms with Crippen molar-refractivity contribution >= 4 is 5.97 Å². The minimum atomic E-state index is -0.591. The molecule has 17 heavy (non-hydrogen) atoms. The van der Waals surface area contributed by atoms with Crippen LogP contribution in [0.4, 0.5) is 0 Å². The van der Waals surface area contributed by atoms with Crippen molar-refractivity contribution in [2.75, 3.05) is 0 Å². The number of phenols is 2. The van der Waals surface area contributed by atoms with Crippen LogP contribution >= 0.6 is 0 Å². The van der Waals surface area contributed by atoms with Crippen LogP contribution in [0.2, 0.25) is 0 Å². The van der Waals surface area contributed by atoms with Crippen molar-refractivity contribution in [1.82, 2.24) is 0 Å². The van der Waals surface area contributed by atoms with Crippen LogP contribution in [0, 0.1) is 0 Å². The number of hydrogen-bond donors (Lipinski definition) is 2. The van der Waals surface area contributed by atoms with Gasteiger partial charge in [-0.25, -0.2) is 4.79 Å². The molecule has 0 saturated heterocycles. The Balaban J connectivity index is 2.22. The summed E-state index contributed by atoms with van der Waals surface area (Å²) in [6, 6.07) is 12.6. The van der Waals surface area contributed by atoms with E-state index >= 15 is 0 Å². The van der Waals surface area contributed by atoms with E-state index in [2.05, 4.69) is 0 Å². The highest BCUT2D eigenvalue weighted by Gasteiger charge is 2.12. The van der Waals surface area contributed by atoms with E-state index in [4.69, 9.17) is 4.74 Å². The number of hydrogen-bond acceptors (Lipinski definition) is 4. The third kappa shape index (κ3) is 2.36. The lowest BCUT2D eigenvalue weighted by molar-refractivity contribution is 0.0729. The number of phenolic OH excluding ortho intramolecular Hbond substituents is 2. The minimum absolute atomic E-state index is 0.0705. The molecule has 0 saturated carbocycles. The molecule has 0 amide bonds. The lowest BCUT2D eigenvalue weighted by Gasteiger charge is -2.06. The zero-order chi connectivity index (χ0) is 12.3. The Morgan fingerprint density at radius 2 is 1.65 bits per heavy atom. The van der Waals surface area contributed by atoms with Gasteiger partial charge in [0.15, 0.2) is 11.5 Å². The van der Waals surface area contributed by atoms with Gasteiger partial charge < -0.3 is 14.9 Å². The maximum absolute atomic E-state index is 11.7. The maximum atomic E-state index is 11.7. The predicted octanol–water partition coefficient (Wildman–Crippen LogP) is 2.32. The summed E-state index contributed by atoms with van der Waals surface area (Å²) in [4.78, 5) is 11.7. The molecule has 2 aromatic carbocycles. The Hall–Kier alpha value is -2.49. The quantitative estimate of drug-likeness (QED) is 0.472. The van der Waals surface area contributed by atoms with E-state index < -0.39 is 11.7 Å². The van der Waals surface area contributed by atoms with Gasteiger partial charge in [0.25, 0.3) is 0 Å². The van der Waals surface area contributed by atoms with Crippen LogP contribution in [0.25, 0.3) is 0 Å². The third-order valence-corrected chi connectivity index (χ3v) is 2.19. The minimum Gasteiger partial charge on any atom is -0.504 e. The third-order valence-electron chi connectivity index (χ3n) is 2.19. The van der Waals surface area contributed by atoms with Crippen LogP contribution in [-0.4, -0.2) is 16.2 Å². The van der Waals surface area contributed by atoms with Gasteiger partial charge in [0.05, 0.1) is 5.56 Å². The fraction of sp³-hybridized carbons (Fsp3) is 0. The fourth-order valence-corrected chi connectivity index (χ4v) is 1.33. The number of esters is 1. The summed E-state index contributed by atoms with van der Waals surface area (Å²) >= 11 is 0. The molecular weight excluding hydrogens is 220 g/mol. The molecule has 0 spiro atoms. The van der Waals surface area contributed by atoms with E-state index in [0.29, 0.717) is 5.56 Å². The van der Waals surface area contributed by atoms with Crippen molar-refractivity contribution in [2.45, 2.75) is 0 Å². The average Bonchev–Trinajstić information content (AvgIpc) is 2.36. The first-order valence-corrected chi connectivity index (χ1v) is 4.96. The smallest absolute Gasteiger partial charge is 0.343 e. The van der Waals surface area contributed by atoms with Crippen molar-refractivity contribution < 1.29 is 19.7 Å². The number of aromatic hydroxyl groups is 2. The van der Waals surface area contributed by atoms with E-state index in [-0.39, 0.29) is 11.5 Å². The van der Waals surface area contributed by atoms with Crippen molar-refractivity contribution in [3.63, 3.8) is 0 Å². The molecule has 0 atom stereocenters. The average molecular weight is 230 g/mol. The van der Waals surface area contributed by atoms with Gasteiger partial charge >= 0.3 is 5.97 Å². The molecule has 2 rings (SSSR count). The zero-order valence-electron chi connectivity index (χ0n) is 8.83. The maximum Gasteiger partial charge on any atom is 0.343 e. The van der Waals surface area contributed by atoms with Gasteiger partial charge in [-0.15, -0.1) is 0 Å². The Morgan fingerprint density at radius 3 is 2.35 bits per heavy atom. The number of benzene rings is 2. The van der Waals surface area contributed by atoms with Crippen LogP contribution in [-0.2, 0) is 0 Å². The summed E-state index contributed by atoms with van der Waals surface area (Å²) in [6.45, 7) is 0. The van der Waals surface area contributed by atoms with E-state index in [0.717, 1.165) is 0 Å². The van der Waals surface area contributed by atoms with Crippen LogP contribution in [0.5, 0.6) is 17.2 Å². The van der Waals surface area contributed by atoms with Crippen LogP contribution in [0.3, 0.4) is 0 Å². The molecule has 0 radical (unpaired) electrons. The van der Waals surface area contributed by atoms with Crippen LogP contribution in [0.15, 0.2) is 48.5 Å². The second-order valence-electron chi connectivity index (χ2n) is 3.38. The SMILES string of the molecule is O=C(Oc1cccc(O)c1O)c1ccccc1. The Morgan fingerprint density at radius 1 is 0.941 bits per heavy atom. The highest BCUT2D eigenvalue weighted by atomic mass is 16.5. The molecule has 4 heteroatoms. The van der Waals surface area contributed by atoms with Gasteiger partial charge in [-0.3, -0.25) is 0 Å². The summed E-state index contributed by atoms with van der Waals surface area (Å²) in [5.41, 5.74) is 0.371. The standard InChI is InChI=1S/C13H10O4/c14-10-7-4-8-11(12(10)15)17-13(16)9-5-2-1-3-6-9/h1-8,14-15H. The monoisotopic (exact) mass is 230 g/mol. The van der Waals surface area contributed by atoms with E-state index in [9.17, 15) is 15.0 Å². The molecule has 0 aliphatic heterocycles. The highest BCUT2D eigenvalue weighted by Crippen LogP contribution is 2.34. The summed E-state index contributed by atoms with van der Waals surface area (Å²) < 4.78 is 4.96. The van der Waals surface area contributed by atoms with Gasteiger partial charge in [-0.2, -0.15) is 0 Å². The number of ether oxygens (including phenoxy) is 1. The largest absolute Gasteiger partial charge is 0.504 e. The first-order chi connectivity index (χ1) is 8.18. The molecule has 0 aliphatic carbocycles. The number of rotatable bonds is 2. The first-order valence-electron chi connectivity index (χ1n) is 4.96. The molecule has 0 heterocycles. The molecule has 0 bridgehead atoms. The molecule has 4 nitrogen and oxygen atoms in total. The molecule has 0 aliphatic rings. The lowest BCUT2D eigenvalue weighted by atomic mass is 10.2. The van der Waals surface area contributed by atoms with Gasteiger partial charge in [-0.1, -0.05) is 24.3 Å². The molecule has 2 N–H and O–H groups in total. The summed E-state index contributed by atoms with van der Waals surface area (Å²) in [5.74, 6) is -1.44. The molecule has 0 fully saturated rings. The van der Waals surface area contributed by atoms with Crippen molar-refractivity contribution in [1.29, 1.82) is 0 Å². The topological polar surface area (TPSA) is 66.8 Å². The van der Waals surface area contributed by atoms with Crippen molar-refractivity contribution in [2.24, 2.45) is 0 Å². The number of para-hydroxylation sites is 1. The fourth-order valence-electron chi connectivity index (χ4n) is 1.33. The Labute approximate surface area is 97.7 Å². The second kappa shape index (κ2) is 4.57. The zero-order valence-corrected chi connectivity index (χ0v) is 8.83. The molecule has 2 aromatic rings. The predicted molar refractivity (Wildman–Crippen MR) is 61.2 cm³/mol.